The fourth-order valence-corrected chi connectivity index (χ4v) is 1.06. The van der Waals surface area contributed by atoms with Crippen LogP contribution in [0.25, 0.3) is 0 Å². The van der Waals surface area contributed by atoms with E-state index in [0.29, 0.717) is 5.82 Å². The van der Waals surface area contributed by atoms with Gasteiger partial charge in [-0.15, -0.1) is 0 Å². The van der Waals surface area contributed by atoms with Gasteiger partial charge in [0, 0.05) is 26.3 Å². The minimum Gasteiger partial charge on any atom is -0.385 e. The minimum atomic E-state index is 0.486. The summed E-state index contributed by atoms with van der Waals surface area (Å²) in [5, 5.41) is 3.16. The number of rotatable bonds is 6. The molecule has 5 heteroatoms. The molecule has 0 aliphatic heterocycles. The third-order valence-corrected chi connectivity index (χ3v) is 1.77. The average molecular weight is 196 g/mol. The highest BCUT2D eigenvalue weighted by Gasteiger charge is 1.94. The quantitative estimate of drug-likeness (QED) is 0.661. The summed E-state index contributed by atoms with van der Waals surface area (Å²) >= 11 is 0. The van der Waals surface area contributed by atoms with Crippen LogP contribution >= 0.6 is 0 Å². The molecule has 1 aromatic rings. The van der Waals surface area contributed by atoms with Crippen LogP contribution in [-0.4, -0.2) is 30.2 Å². The van der Waals surface area contributed by atoms with Crippen LogP contribution in [0.5, 0.6) is 0 Å². The van der Waals surface area contributed by atoms with Gasteiger partial charge in [0.2, 0.25) is 0 Å². The highest BCUT2D eigenvalue weighted by Crippen LogP contribution is 2.04. The van der Waals surface area contributed by atoms with E-state index in [2.05, 4.69) is 15.3 Å². The molecule has 1 aromatic heterocycles. The van der Waals surface area contributed by atoms with Gasteiger partial charge in [-0.25, -0.2) is 9.97 Å². The standard InChI is InChI=1S/C9H16N4O/c1-14-5-3-2-4-11-9-6-8(10)12-7-13-9/h6-7H,2-5H2,1H3,(H3,10,11,12,13). The van der Waals surface area contributed by atoms with Gasteiger partial charge < -0.3 is 15.8 Å². The van der Waals surface area contributed by atoms with Gasteiger partial charge in [0.15, 0.2) is 0 Å². The minimum absolute atomic E-state index is 0.486. The van der Waals surface area contributed by atoms with Crippen LogP contribution in [0.15, 0.2) is 12.4 Å². The number of aromatic nitrogens is 2. The number of nitrogen functional groups attached to an aromatic ring is 1. The largest absolute Gasteiger partial charge is 0.385 e. The monoisotopic (exact) mass is 196 g/mol. The average Bonchev–Trinajstić information content (AvgIpc) is 2.18. The van der Waals surface area contributed by atoms with E-state index in [4.69, 9.17) is 10.5 Å². The van der Waals surface area contributed by atoms with Crippen molar-refractivity contribution in [2.45, 2.75) is 12.8 Å². The Morgan fingerprint density at radius 3 is 3.00 bits per heavy atom. The zero-order chi connectivity index (χ0) is 10.2. The van der Waals surface area contributed by atoms with E-state index in [1.54, 1.807) is 13.2 Å². The maximum absolute atomic E-state index is 5.50. The summed E-state index contributed by atoms with van der Waals surface area (Å²) in [5.41, 5.74) is 5.50. The number of nitrogens with two attached hydrogens (primary N) is 1. The molecule has 14 heavy (non-hydrogen) atoms. The van der Waals surface area contributed by atoms with Crippen molar-refractivity contribution >= 4 is 11.6 Å². The molecule has 0 spiro atoms. The van der Waals surface area contributed by atoms with E-state index in [1.807, 2.05) is 0 Å². The maximum atomic E-state index is 5.50. The van der Waals surface area contributed by atoms with Gasteiger partial charge in [-0.1, -0.05) is 0 Å². The smallest absolute Gasteiger partial charge is 0.131 e. The molecule has 78 valence electrons. The van der Waals surface area contributed by atoms with Gasteiger partial charge in [0.05, 0.1) is 0 Å². The molecule has 0 saturated carbocycles. The van der Waals surface area contributed by atoms with E-state index >= 15 is 0 Å². The van der Waals surface area contributed by atoms with Gasteiger partial charge in [0.25, 0.3) is 0 Å². The fourth-order valence-electron chi connectivity index (χ4n) is 1.06. The van der Waals surface area contributed by atoms with E-state index < -0.39 is 0 Å². The van der Waals surface area contributed by atoms with Crippen LogP contribution in [-0.2, 0) is 4.74 Å². The summed E-state index contributed by atoms with van der Waals surface area (Å²) in [4.78, 5) is 7.83. The van der Waals surface area contributed by atoms with Crippen LogP contribution in [0.3, 0.4) is 0 Å². The Hall–Kier alpha value is -1.36. The molecule has 0 aromatic carbocycles. The Morgan fingerprint density at radius 1 is 1.43 bits per heavy atom. The van der Waals surface area contributed by atoms with Crippen molar-refractivity contribution in [3.63, 3.8) is 0 Å². The van der Waals surface area contributed by atoms with E-state index in [9.17, 15) is 0 Å². The van der Waals surface area contributed by atoms with Crippen LogP contribution in [0.4, 0.5) is 11.6 Å². The van der Waals surface area contributed by atoms with E-state index in [1.165, 1.54) is 6.33 Å². The number of unbranched alkanes of at least 4 members (excludes halogenated alkanes) is 1. The van der Waals surface area contributed by atoms with Crippen molar-refractivity contribution in [3.05, 3.63) is 12.4 Å². The molecule has 0 aliphatic carbocycles. The molecule has 3 N–H and O–H groups in total. The van der Waals surface area contributed by atoms with Gasteiger partial charge in [-0.05, 0) is 12.8 Å². The van der Waals surface area contributed by atoms with Crippen LogP contribution in [0, 0.1) is 0 Å². The number of nitrogens with zero attached hydrogens (tertiary/aromatic N) is 2. The molecule has 0 unspecified atom stereocenters. The second kappa shape index (κ2) is 6.15. The molecule has 1 heterocycles. The zero-order valence-corrected chi connectivity index (χ0v) is 8.36. The summed E-state index contributed by atoms with van der Waals surface area (Å²) < 4.78 is 4.94. The Morgan fingerprint density at radius 2 is 2.29 bits per heavy atom. The predicted octanol–water partition coefficient (Wildman–Crippen LogP) is 0.897. The molecule has 5 nitrogen and oxygen atoms in total. The highest BCUT2D eigenvalue weighted by atomic mass is 16.5. The molecule has 0 bridgehead atoms. The summed E-state index contributed by atoms with van der Waals surface area (Å²) in [6.45, 7) is 1.67. The lowest BCUT2D eigenvalue weighted by Gasteiger charge is -2.04. The number of hydrogen-bond acceptors (Lipinski definition) is 5. The molecule has 0 fully saturated rings. The molecule has 1 rings (SSSR count). The Bertz CT molecular complexity index is 267. The first kappa shape index (κ1) is 10.7. The molecule has 0 atom stereocenters. The number of hydrogen-bond donors (Lipinski definition) is 2. The first-order chi connectivity index (χ1) is 6.83. The maximum Gasteiger partial charge on any atom is 0.131 e. The molecule has 0 amide bonds. The fraction of sp³-hybridized carbons (Fsp3) is 0.556. The number of methoxy groups -OCH3 is 1. The first-order valence-electron chi connectivity index (χ1n) is 4.63. The number of nitrogens with one attached hydrogen (secondary N) is 1. The van der Waals surface area contributed by atoms with Crippen LogP contribution in [0.1, 0.15) is 12.8 Å². The van der Waals surface area contributed by atoms with Crippen LogP contribution < -0.4 is 11.1 Å². The molecular formula is C9H16N4O. The lowest BCUT2D eigenvalue weighted by atomic mass is 10.3. The lowest BCUT2D eigenvalue weighted by molar-refractivity contribution is 0.194. The molecule has 0 aliphatic rings. The normalized spacial score (nSPS) is 10.1. The Kier molecular flexibility index (Phi) is 4.71. The van der Waals surface area contributed by atoms with Gasteiger partial charge in [-0.3, -0.25) is 0 Å². The topological polar surface area (TPSA) is 73.1 Å². The second-order valence-electron chi connectivity index (χ2n) is 2.95. The van der Waals surface area contributed by atoms with Crippen molar-refractivity contribution in [3.8, 4) is 0 Å². The van der Waals surface area contributed by atoms with E-state index in [-0.39, 0.29) is 0 Å². The van der Waals surface area contributed by atoms with Crippen molar-refractivity contribution < 1.29 is 4.74 Å². The molecule has 0 radical (unpaired) electrons. The zero-order valence-electron chi connectivity index (χ0n) is 8.36. The van der Waals surface area contributed by atoms with Gasteiger partial charge >= 0.3 is 0 Å². The highest BCUT2D eigenvalue weighted by molar-refractivity contribution is 5.42. The summed E-state index contributed by atoms with van der Waals surface area (Å²) in [6.07, 6.45) is 3.55. The molecule has 0 saturated heterocycles. The van der Waals surface area contributed by atoms with Crippen molar-refractivity contribution in [1.29, 1.82) is 0 Å². The Labute approximate surface area is 83.7 Å². The lowest BCUT2D eigenvalue weighted by Crippen LogP contribution is -2.05. The second-order valence-corrected chi connectivity index (χ2v) is 2.95. The van der Waals surface area contributed by atoms with Gasteiger partial charge in [-0.2, -0.15) is 0 Å². The summed E-state index contributed by atoms with van der Waals surface area (Å²) in [7, 11) is 1.71. The first-order valence-corrected chi connectivity index (χ1v) is 4.63. The summed E-state index contributed by atoms with van der Waals surface area (Å²) in [6, 6.07) is 1.72. The molecular weight excluding hydrogens is 180 g/mol. The predicted molar refractivity (Wildman–Crippen MR) is 56.0 cm³/mol. The van der Waals surface area contributed by atoms with Gasteiger partial charge in [0.1, 0.15) is 18.0 Å². The van der Waals surface area contributed by atoms with Crippen LogP contribution in [0.2, 0.25) is 0 Å². The number of anilines is 2. The van der Waals surface area contributed by atoms with Crippen molar-refractivity contribution in [2.75, 3.05) is 31.3 Å². The Balaban J connectivity index is 2.18. The third-order valence-electron chi connectivity index (χ3n) is 1.77. The van der Waals surface area contributed by atoms with E-state index in [0.717, 1.165) is 31.8 Å². The summed E-state index contributed by atoms with van der Waals surface area (Å²) in [5.74, 6) is 1.26. The SMILES string of the molecule is COCCCCNc1cc(N)ncn1. The third kappa shape index (κ3) is 4.04. The number of ether oxygens (including phenoxy) is 1. The van der Waals surface area contributed by atoms with Crippen molar-refractivity contribution in [1.82, 2.24) is 9.97 Å². The van der Waals surface area contributed by atoms with Crippen molar-refractivity contribution in [2.24, 2.45) is 0 Å².